The Bertz CT molecular complexity index is 1310. The van der Waals surface area contributed by atoms with Crippen LogP contribution in [0.5, 0.6) is 0 Å². The van der Waals surface area contributed by atoms with Gasteiger partial charge in [0.15, 0.2) is 0 Å². The molecule has 1 amide bonds. The summed E-state index contributed by atoms with van der Waals surface area (Å²) in [6, 6.07) is 17.6. The number of carbonyl (C=O) groups excluding carboxylic acids is 1. The largest absolute Gasteiger partial charge is 0.369 e. The molecule has 0 unspecified atom stereocenters. The molecule has 2 aliphatic heterocycles. The van der Waals surface area contributed by atoms with Crippen LogP contribution in [0.25, 0.3) is 0 Å². The van der Waals surface area contributed by atoms with Gasteiger partial charge in [0.1, 0.15) is 0 Å². The first kappa shape index (κ1) is 24.6. The zero-order chi connectivity index (χ0) is 25.3. The molecule has 0 radical (unpaired) electrons. The fourth-order valence-electron chi connectivity index (χ4n) is 4.74. The number of sulfonamides is 1. The summed E-state index contributed by atoms with van der Waals surface area (Å²) < 4.78 is 30.0. The summed E-state index contributed by atoms with van der Waals surface area (Å²) >= 11 is 5.99. The second kappa shape index (κ2) is 10.1. The van der Waals surface area contributed by atoms with Crippen LogP contribution in [0.2, 0.25) is 5.02 Å². The average molecular weight is 529 g/mol. The van der Waals surface area contributed by atoms with Gasteiger partial charge in [0.05, 0.1) is 5.56 Å². The van der Waals surface area contributed by atoms with E-state index in [1.807, 2.05) is 42.5 Å². The summed E-state index contributed by atoms with van der Waals surface area (Å²) in [4.78, 5) is 19.5. The molecule has 2 aromatic carbocycles. The molecule has 36 heavy (non-hydrogen) atoms. The lowest BCUT2D eigenvalue weighted by atomic mass is 10.2. The summed E-state index contributed by atoms with van der Waals surface area (Å²) in [5.74, 6) is -0.297. The number of piperazine rings is 2. The lowest BCUT2D eigenvalue weighted by molar-refractivity contribution is 0.0742. The molecule has 3 aromatic rings. The number of anilines is 2. The van der Waals surface area contributed by atoms with Gasteiger partial charge in [-0.3, -0.25) is 9.48 Å². The van der Waals surface area contributed by atoms with Gasteiger partial charge in [-0.1, -0.05) is 29.8 Å². The first-order valence-corrected chi connectivity index (χ1v) is 13.8. The molecule has 190 valence electrons. The Balaban J connectivity index is 1.28. The number of amides is 1. The lowest BCUT2D eigenvalue weighted by Crippen LogP contribution is -2.50. The molecular formula is C25H29ClN6O3S. The van der Waals surface area contributed by atoms with E-state index in [9.17, 15) is 13.2 Å². The average Bonchev–Trinajstić information content (AvgIpc) is 3.32. The van der Waals surface area contributed by atoms with Crippen molar-refractivity contribution in [3.8, 4) is 0 Å². The Hall–Kier alpha value is -3.08. The van der Waals surface area contributed by atoms with Crippen LogP contribution in [0.1, 0.15) is 10.4 Å². The van der Waals surface area contributed by atoms with Crippen molar-refractivity contribution in [3.05, 3.63) is 71.4 Å². The van der Waals surface area contributed by atoms with E-state index in [0.29, 0.717) is 57.4 Å². The highest BCUT2D eigenvalue weighted by Gasteiger charge is 2.36. The Labute approximate surface area is 216 Å². The second-order valence-corrected chi connectivity index (χ2v) is 11.3. The molecule has 2 aliphatic rings. The number of carbonyl (C=O) groups is 1. The Morgan fingerprint density at radius 1 is 0.806 bits per heavy atom. The predicted molar refractivity (Wildman–Crippen MR) is 140 cm³/mol. The Morgan fingerprint density at radius 2 is 1.36 bits per heavy atom. The highest BCUT2D eigenvalue weighted by Crippen LogP contribution is 2.25. The number of hydrogen-bond donors (Lipinski definition) is 0. The summed E-state index contributed by atoms with van der Waals surface area (Å²) in [7, 11) is -2.29. The second-order valence-electron chi connectivity index (χ2n) is 9.00. The van der Waals surface area contributed by atoms with Gasteiger partial charge in [-0.2, -0.15) is 9.40 Å². The van der Waals surface area contributed by atoms with Crippen LogP contribution in [0, 0.1) is 0 Å². The third kappa shape index (κ3) is 4.93. The van der Waals surface area contributed by atoms with Crippen LogP contribution in [0.4, 0.5) is 11.4 Å². The van der Waals surface area contributed by atoms with Crippen LogP contribution in [-0.2, 0) is 17.1 Å². The number of aryl methyl sites for hydroxylation is 1. The zero-order valence-corrected chi connectivity index (χ0v) is 21.7. The summed E-state index contributed by atoms with van der Waals surface area (Å²) in [6.07, 6.45) is 1.52. The van der Waals surface area contributed by atoms with E-state index in [1.165, 1.54) is 15.2 Å². The minimum Gasteiger partial charge on any atom is -0.369 e. The molecule has 9 nitrogen and oxygen atoms in total. The van der Waals surface area contributed by atoms with Crippen molar-refractivity contribution in [1.82, 2.24) is 19.0 Å². The number of hydrogen-bond acceptors (Lipinski definition) is 6. The van der Waals surface area contributed by atoms with E-state index in [2.05, 4.69) is 27.0 Å². The van der Waals surface area contributed by atoms with E-state index in [0.717, 1.165) is 11.4 Å². The molecule has 0 saturated carbocycles. The van der Waals surface area contributed by atoms with E-state index < -0.39 is 10.0 Å². The molecule has 2 fully saturated rings. The fraction of sp³-hybridized carbons (Fsp3) is 0.360. The summed E-state index contributed by atoms with van der Waals surface area (Å²) in [5.41, 5.74) is 2.25. The van der Waals surface area contributed by atoms with Gasteiger partial charge >= 0.3 is 0 Å². The van der Waals surface area contributed by atoms with Crippen molar-refractivity contribution < 1.29 is 13.2 Å². The third-order valence-corrected chi connectivity index (χ3v) is 8.82. The maximum absolute atomic E-state index is 13.6. The van der Waals surface area contributed by atoms with Crippen molar-refractivity contribution >= 4 is 38.9 Å². The van der Waals surface area contributed by atoms with Crippen LogP contribution in [0.3, 0.4) is 0 Å². The Kier molecular flexibility index (Phi) is 6.92. The van der Waals surface area contributed by atoms with Crippen molar-refractivity contribution in [2.45, 2.75) is 5.03 Å². The minimum absolute atomic E-state index is 0.130. The first-order valence-electron chi connectivity index (χ1n) is 12.0. The van der Waals surface area contributed by atoms with Crippen molar-refractivity contribution in [2.75, 3.05) is 62.2 Å². The number of halogens is 1. The maximum Gasteiger partial charge on any atom is 0.263 e. The lowest BCUT2D eigenvalue weighted by Gasteiger charge is -2.36. The van der Waals surface area contributed by atoms with Crippen molar-refractivity contribution in [1.29, 1.82) is 0 Å². The highest BCUT2D eigenvalue weighted by atomic mass is 35.5. The monoisotopic (exact) mass is 528 g/mol. The van der Waals surface area contributed by atoms with Gasteiger partial charge in [0.2, 0.25) is 5.03 Å². The molecule has 0 aliphatic carbocycles. The fourth-order valence-corrected chi connectivity index (χ4v) is 6.41. The van der Waals surface area contributed by atoms with E-state index in [-0.39, 0.29) is 16.5 Å². The first-order chi connectivity index (χ1) is 17.3. The normalized spacial score (nSPS) is 17.4. The van der Waals surface area contributed by atoms with E-state index in [1.54, 1.807) is 11.9 Å². The van der Waals surface area contributed by atoms with Crippen molar-refractivity contribution in [3.63, 3.8) is 0 Å². The van der Waals surface area contributed by atoms with Gasteiger partial charge in [-0.15, -0.1) is 0 Å². The van der Waals surface area contributed by atoms with Gasteiger partial charge in [-0.05, 0) is 36.4 Å². The smallest absolute Gasteiger partial charge is 0.263 e. The zero-order valence-electron chi connectivity index (χ0n) is 20.1. The summed E-state index contributed by atoms with van der Waals surface area (Å²) in [6.45, 7) is 4.10. The molecule has 1 aromatic heterocycles. The highest BCUT2D eigenvalue weighted by molar-refractivity contribution is 7.89. The number of rotatable bonds is 5. The SMILES string of the molecule is Cn1cc(C(=O)N2CCN(c3ccccc3)CC2)c(S(=O)(=O)N2CCN(c3ccc(Cl)cc3)CC2)n1. The van der Waals surface area contributed by atoms with Crippen LogP contribution in [0.15, 0.2) is 65.8 Å². The standard InChI is InChI=1S/C25H29ClN6O3S/c1-28-19-23(25(33)31-13-11-29(12-14-31)21-5-3-2-4-6-21)24(27-28)36(34,35)32-17-15-30(16-18-32)22-9-7-20(26)8-10-22/h2-10,19H,11-18H2,1H3. The van der Waals surface area contributed by atoms with Crippen LogP contribution in [-0.4, -0.2) is 85.7 Å². The molecule has 0 bridgehead atoms. The van der Waals surface area contributed by atoms with Crippen LogP contribution < -0.4 is 9.80 Å². The van der Waals surface area contributed by atoms with E-state index >= 15 is 0 Å². The van der Waals surface area contributed by atoms with Gasteiger partial charge < -0.3 is 14.7 Å². The minimum atomic E-state index is -3.93. The number of para-hydroxylation sites is 1. The maximum atomic E-state index is 13.6. The molecule has 0 spiro atoms. The molecule has 0 N–H and O–H groups in total. The van der Waals surface area contributed by atoms with E-state index in [4.69, 9.17) is 11.6 Å². The topological polar surface area (TPSA) is 82.0 Å². The van der Waals surface area contributed by atoms with Crippen LogP contribution >= 0.6 is 11.6 Å². The van der Waals surface area contributed by atoms with Gasteiger partial charge in [0.25, 0.3) is 15.9 Å². The number of aromatic nitrogens is 2. The quantitative estimate of drug-likeness (QED) is 0.506. The predicted octanol–water partition coefficient (Wildman–Crippen LogP) is 2.55. The summed E-state index contributed by atoms with van der Waals surface area (Å²) in [5, 5.41) is 4.72. The number of nitrogens with zero attached hydrogens (tertiary/aromatic N) is 6. The molecule has 3 heterocycles. The molecular weight excluding hydrogens is 500 g/mol. The number of benzene rings is 2. The van der Waals surface area contributed by atoms with Gasteiger partial charge in [-0.25, -0.2) is 8.42 Å². The third-order valence-electron chi connectivity index (χ3n) is 6.73. The Morgan fingerprint density at radius 3 is 1.97 bits per heavy atom. The van der Waals surface area contributed by atoms with Gasteiger partial charge in [0, 0.05) is 82.0 Å². The van der Waals surface area contributed by atoms with Crippen molar-refractivity contribution in [2.24, 2.45) is 7.05 Å². The molecule has 11 heteroatoms. The molecule has 5 rings (SSSR count). The molecule has 0 atom stereocenters. The molecule has 2 saturated heterocycles.